The fourth-order valence-corrected chi connectivity index (χ4v) is 12.5. The molecule has 0 amide bonds. The lowest BCUT2D eigenvalue weighted by molar-refractivity contribution is 0.0679. The van der Waals surface area contributed by atoms with Crippen LogP contribution in [0, 0.1) is 11.8 Å². The van der Waals surface area contributed by atoms with E-state index in [1.165, 1.54) is 19.7 Å². The number of fused-ring (bicyclic) bond motifs is 4. The molecule has 0 aromatic heterocycles. The molecule has 4 N–H and O–H groups in total. The van der Waals surface area contributed by atoms with Crippen LogP contribution in [-0.4, -0.2) is 122 Å². The third-order valence-corrected chi connectivity index (χ3v) is 15.8. The summed E-state index contributed by atoms with van der Waals surface area (Å²) in [6, 6.07) is 12.3. The third-order valence-electron chi connectivity index (χ3n) is 12.1. The van der Waals surface area contributed by atoms with Gasteiger partial charge in [-0.2, -0.15) is 34.9 Å². The number of benzene rings is 2. The second kappa shape index (κ2) is 18.8. The van der Waals surface area contributed by atoms with Gasteiger partial charge in [-0.3, -0.25) is 9.80 Å². The first-order valence-corrected chi connectivity index (χ1v) is 23.3. The maximum atomic E-state index is 12.7. The van der Waals surface area contributed by atoms with E-state index in [9.17, 15) is 27.0 Å². The molecule has 14 heteroatoms. The number of likely N-dealkylation sites (tertiary alicyclic amines) is 2. The average molecular weight is 791 g/mol. The number of nitrogens with zero attached hydrogens (tertiary/aromatic N) is 4. The van der Waals surface area contributed by atoms with Gasteiger partial charge in [-0.25, -0.2) is 0 Å². The smallest absolute Gasteiger partial charge is 0.279 e. The molecule has 2 heterocycles. The van der Waals surface area contributed by atoms with Crippen molar-refractivity contribution in [2.45, 2.75) is 117 Å². The molecule has 0 spiro atoms. The van der Waals surface area contributed by atoms with Gasteiger partial charge in [0.15, 0.2) is 0 Å². The Labute approximate surface area is 325 Å². The Morgan fingerprint density at radius 1 is 0.611 bits per heavy atom. The minimum atomic E-state index is -3.46. The molecule has 6 rings (SSSR count). The van der Waals surface area contributed by atoms with E-state index in [0.717, 1.165) is 88.7 Å². The molecule has 12 nitrogen and oxygen atoms in total. The van der Waals surface area contributed by atoms with Crippen molar-refractivity contribution in [3.8, 4) is 11.5 Å². The molecule has 2 aliphatic carbocycles. The molecule has 2 fully saturated rings. The Kier molecular flexibility index (Phi) is 14.9. The van der Waals surface area contributed by atoms with Gasteiger partial charge < -0.3 is 10.2 Å². The van der Waals surface area contributed by atoms with Gasteiger partial charge in [-0.1, -0.05) is 65.8 Å². The summed E-state index contributed by atoms with van der Waals surface area (Å²) in [6.07, 6.45) is 7.23. The van der Waals surface area contributed by atoms with Crippen LogP contribution in [0.15, 0.2) is 36.4 Å². The molecular formula is C40H66N6O6S2. The van der Waals surface area contributed by atoms with Crippen molar-refractivity contribution >= 4 is 20.4 Å². The maximum Gasteiger partial charge on any atom is 0.279 e. The van der Waals surface area contributed by atoms with Gasteiger partial charge in [0.05, 0.1) is 0 Å². The molecule has 2 saturated heterocycles. The molecular weight excluding hydrogens is 725 g/mol. The van der Waals surface area contributed by atoms with Gasteiger partial charge in [-0.05, 0) is 111 Å². The minimum absolute atomic E-state index is 0.0872. The van der Waals surface area contributed by atoms with E-state index in [0.29, 0.717) is 61.6 Å². The Hall–Kier alpha value is -2.30. The summed E-state index contributed by atoms with van der Waals surface area (Å²) >= 11 is 0. The summed E-state index contributed by atoms with van der Waals surface area (Å²) in [5.41, 5.74) is 4.56. The number of hydrogen-bond donors (Lipinski definition) is 4. The SMILES string of the molecule is CCCN1C[C@@H](NS(=O)(=O)N(CC)CC)C[C@@H]2Cc3c(O)cccc3C[C@H]21.CCCN1C[C@@H](NS(=O)(=O)N(CC)CC)C[C@@H]2Cc3c(O)cccc3C[C@H]21. The van der Waals surface area contributed by atoms with E-state index in [2.05, 4.69) is 45.2 Å². The lowest BCUT2D eigenvalue weighted by Crippen LogP contribution is -2.59. The van der Waals surface area contributed by atoms with Crippen LogP contribution in [0.1, 0.15) is 89.5 Å². The molecule has 0 unspecified atom stereocenters. The van der Waals surface area contributed by atoms with Gasteiger partial charge in [0.2, 0.25) is 0 Å². The number of hydrogen-bond acceptors (Lipinski definition) is 8. The van der Waals surface area contributed by atoms with E-state index in [1.807, 2.05) is 39.8 Å². The molecule has 4 aliphatic rings. The van der Waals surface area contributed by atoms with E-state index in [-0.39, 0.29) is 12.1 Å². The first-order chi connectivity index (χ1) is 25.8. The normalized spacial score (nSPS) is 26.0. The van der Waals surface area contributed by atoms with Gasteiger partial charge in [0, 0.05) is 63.4 Å². The van der Waals surface area contributed by atoms with Crippen LogP contribution in [0.5, 0.6) is 11.5 Å². The highest BCUT2D eigenvalue weighted by molar-refractivity contribution is 7.87. The second-order valence-electron chi connectivity index (χ2n) is 15.6. The largest absolute Gasteiger partial charge is 0.508 e. The molecule has 2 aromatic carbocycles. The molecule has 2 aromatic rings. The summed E-state index contributed by atoms with van der Waals surface area (Å²) in [5.74, 6) is 1.46. The highest BCUT2D eigenvalue weighted by Gasteiger charge is 2.42. The van der Waals surface area contributed by atoms with Crippen molar-refractivity contribution in [2.75, 3.05) is 52.4 Å². The van der Waals surface area contributed by atoms with Crippen molar-refractivity contribution < 1.29 is 27.0 Å². The van der Waals surface area contributed by atoms with Gasteiger partial charge in [0.25, 0.3) is 20.4 Å². The number of nitrogens with one attached hydrogen (secondary N) is 2. The van der Waals surface area contributed by atoms with Crippen LogP contribution in [0.3, 0.4) is 0 Å². The summed E-state index contributed by atoms with van der Waals surface area (Å²) in [6.45, 7) is 17.2. The fraction of sp³-hybridized carbons (Fsp3) is 0.700. The van der Waals surface area contributed by atoms with E-state index in [1.54, 1.807) is 12.1 Å². The van der Waals surface area contributed by atoms with Crippen molar-refractivity contribution in [2.24, 2.45) is 11.8 Å². The lowest BCUT2D eigenvalue weighted by atomic mass is 9.74. The van der Waals surface area contributed by atoms with Crippen molar-refractivity contribution in [1.29, 1.82) is 0 Å². The minimum Gasteiger partial charge on any atom is -0.508 e. The first kappa shape index (κ1) is 42.8. The number of phenolic OH excluding ortho intramolecular Hbond substituents is 2. The zero-order valence-corrected chi connectivity index (χ0v) is 35.0. The Morgan fingerprint density at radius 3 is 1.31 bits per heavy atom. The monoisotopic (exact) mass is 790 g/mol. The zero-order chi connectivity index (χ0) is 39.2. The fourth-order valence-electron chi connectivity index (χ4n) is 9.69. The van der Waals surface area contributed by atoms with Crippen molar-refractivity contribution in [3.63, 3.8) is 0 Å². The number of rotatable bonds is 14. The third kappa shape index (κ3) is 9.79. The molecule has 2 aliphatic heterocycles. The van der Waals surface area contributed by atoms with Crippen LogP contribution in [-0.2, 0) is 46.1 Å². The quantitative estimate of drug-likeness (QED) is 0.222. The van der Waals surface area contributed by atoms with Gasteiger partial charge >= 0.3 is 0 Å². The number of aromatic hydroxyl groups is 2. The predicted octanol–water partition coefficient (Wildman–Crippen LogP) is 4.27. The zero-order valence-electron chi connectivity index (χ0n) is 33.4. The van der Waals surface area contributed by atoms with Crippen molar-refractivity contribution in [1.82, 2.24) is 27.9 Å². The highest BCUT2D eigenvalue weighted by Crippen LogP contribution is 2.40. The Balaban J connectivity index is 0.000000208. The van der Waals surface area contributed by atoms with Crippen LogP contribution in [0.2, 0.25) is 0 Å². The van der Waals surface area contributed by atoms with Crippen LogP contribution in [0.25, 0.3) is 0 Å². The molecule has 0 radical (unpaired) electrons. The van der Waals surface area contributed by atoms with Gasteiger partial charge in [-0.15, -0.1) is 0 Å². The number of phenols is 2. The number of piperidine rings is 2. The molecule has 0 bridgehead atoms. The summed E-state index contributed by atoms with van der Waals surface area (Å²) in [7, 11) is -6.92. The topological polar surface area (TPSA) is 146 Å². The van der Waals surface area contributed by atoms with Gasteiger partial charge in [0.1, 0.15) is 11.5 Å². The summed E-state index contributed by atoms with van der Waals surface area (Å²) < 4.78 is 59.6. The lowest BCUT2D eigenvalue weighted by Gasteiger charge is -2.47. The van der Waals surface area contributed by atoms with Crippen LogP contribution < -0.4 is 9.44 Å². The second-order valence-corrected chi connectivity index (χ2v) is 19.0. The molecule has 6 atom stereocenters. The molecule has 304 valence electrons. The van der Waals surface area contributed by atoms with E-state index < -0.39 is 20.4 Å². The van der Waals surface area contributed by atoms with Crippen LogP contribution >= 0.6 is 0 Å². The van der Waals surface area contributed by atoms with E-state index >= 15 is 0 Å². The summed E-state index contributed by atoms with van der Waals surface area (Å²) in [5, 5.41) is 20.5. The van der Waals surface area contributed by atoms with Crippen LogP contribution in [0.4, 0.5) is 0 Å². The highest BCUT2D eigenvalue weighted by atomic mass is 32.2. The molecule has 54 heavy (non-hydrogen) atoms. The predicted molar refractivity (Wildman–Crippen MR) is 216 cm³/mol. The molecule has 0 saturated carbocycles. The standard InChI is InChI=1S/2C20H33N3O3S/c2*1-4-10-22-14-17(21-27(25,26)23(5-2)6-3)11-16-12-18-15(13-19(16)22)8-7-9-20(18)24/h2*7-9,16-17,19,21,24H,4-6,10-14H2,1-3H3/t2*16-,17+,19-/m11/s1. The average Bonchev–Trinajstić information content (AvgIpc) is 3.12. The Bertz CT molecular complexity index is 1630. The van der Waals surface area contributed by atoms with E-state index in [4.69, 9.17) is 0 Å². The maximum absolute atomic E-state index is 12.7. The van der Waals surface area contributed by atoms with Crippen molar-refractivity contribution in [3.05, 3.63) is 58.7 Å². The Morgan fingerprint density at radius 2 is 0.981 bits per heavy atom. The first-order valence-electron chi connectivity index (χ1n) is 20.4. The summed E-state index contributed by atoms with van der Waals surface area (Å²) in [4.78, 5) is 4.91.